The van der Waals surface area contributed by atoms with Gasteiger partial charge in [0.25, 0.3) is 0 Å². The Bertz CT molecular complexity index is 492. The van der Waals surface area contributed by atoms with Crippen molar-refractivity contribution in [3.63, 3.8) is 0 Å². The number of benzene rings is 1. The van der Waals surface area contributed by atoms with Gasteiger partial charge in [-0.3, -0.25) is 9.97 Å². The van der Waals surface area contributed by atoms with Crippen molar-refractivity contribution >= 4 is 27.0 Å². The lowest BCUT2D eigenvalue weighted by atomic mass is 10.0. The molecule has 4 nitrogen and oxygen atoms in total. The Labute approximate surface area is 101 Å². The maximum absolute atomic E-state index is 9.82. The molecule has 0 spiro atoms. The summed E-state index contributed by atoms with van der Waals surface area (Å²) in [4.78, 5) is 8.27. The third-order valence-corrected chi connectivity index (χ3v) is 3.02. The van der Waals surface area contributed by atoms with E-state index in [1.165, 1.54) is 0 Å². The lowest BCUT2D eigenvalue weighted by Crippen LogP contribution is -2.19. The SMILES string of the molecule is OC(CBr)C(O)c1ccc2nccnc2c1. The number of aliphatic hydroxyl groups is 2. The smallest absolute Gasteiger partial charge is 0.106 e. The molecule has 84 valence electrons. The number of nitrogens with zero attached hydrogens (tertiary/aromatic N) is 2. The summed E-state index contributed by atoms with van der Waals surface area (Å²) >= 11 is 3.12. The predicted octanol–water partition coefficient (Wildman–Crippen LogP) is 1.42. The van der Waals surface area contributed by atoms with Crippen LogP contribution in [0, 0.1) is 0 Å². The molecule has 0 aliphatic heterocycles. The Morgan fingerprint density at radius 2 is 1.81 bits per heavy atom. The number of fused-ring (bicyclic) bond motifs is 1. The Kier molecular flexibility index (Phi) is 3.48. The third-order valence-electron chi connectivity index (χ3n) is 2.36. The number of hydrogen-bond donors (Lipinski definition) is 2. The van der Waals surface area contributed by atoms with Crippen molar-refractivity contribution in [3.05, 3.63) is 36.2 Å². The van der Waals surface area contributed by atoms with E-state index in [9.17, 15) is 10.2 Å². The van der Waals surface area contributed by atoms with Crippen LogP contribution in [-0.4, -0.2) is 31.6 Å². The van der Waals surface area contributed by atoms with E-state index in [1.54, 1.807) is 30.6 Å². The fourth-order valence-corrected chi connectivity index (χ4v) is 1.82. The first-order valence-corrected chi connectivity index (χ1v) is 5.97. The van der Waals surface area contributed by atoms with Crippen LogP contribution in [-0.2, 0) is 0 Å². The number of hydrogen-bond acceptors (Lipinski definition) is 4. The highest BCUT2D eigenvalue weighted by molar-refractivity contribution is 9.09. The Morgan fingerprint density at radius 3 is 2.50 bits per heavy atom. The van der Waals surface area contributed by atoms with Crippen molar-refractivity contribution < 1.29 is 10.2 Å². The average molecular weight is 283 g/mol. The first kappa shape index (κ1) is 11.4. The van der Waals surface area contributed by atoms with Gasteiger partial charge in [-0.05, 0) is 17.7 Å². The maximum Gasteiger partial charge on any atom is 0.106 e. The van der Waals surface area contributed by atoms with Crippen LogP contribution in [0.2, 0.25) is 0 Å². The zero-order chi connectivity index (χ0) is 11.5. The zero-order valence-electron chi connectivity index (χ0n) is 8.42. The monoisotopic (exact) mass is 282 g/mol. The van der Waals surface area contributed by atoms with Gasteiger partial charge >= 0.3 is 0 Å². The molecule has 2 N–H and O–H groups in total. The lowest BCUT2D eigenvalue weighted by Gasteiger charge is -2.15. The van der Waals surface area contributed by atoms with Gasteiger partial charge in [-0.15, -0.1) is 0 Å². The van der Waals surface area contributed by atoms with E-state index in [4.69, 9.17) is 0 Å². The molecule has 0 fully saturated rings. The van der Waals surface area contributed by atoms with Crippen LogP contribution in [0.5, 0.6) is 0 Å². The van der Waals surface area contributed by atoms with Gasteiger partial charge in [0.2, 0.25) is 0 Å². The first-order valence-electron chi connectivity index (χ1n) is 4.85. The van der Waals surface area contributed by atoms with E-state index in [1.807, 2.05) is 0 Å². The molecule has 5 heteroatoms. The summed E-state index contributed by atoms with van der Waals surface area (Å²) in [5, 5.41) is 19.7. The van der Waals surface area contributed by atoms with Gasteiger partial charge in [0.05, 0.1) is 17.1 Å². The maximum atomic E-state index is 9.82. The fourth-order valence-electron chi connectivity index (χ4n) is 1.47. The van der Waals surface area contributed by atoms with Gasteiger partial charge < -0.3 is 10.2 Å². The standard InChI is InChI=1S/C11H11BrN2O2/c12-6-10(15)11(16)7-1-2-8-9(5-7)14-4-3-13-8/h1-5,10-11,15-16H,6H2. The van der Waals surface area contributed by atoms with Crippen LogP contribution >= 0.6 is 15.9 Å². The largest absolute Gasteiger partial charge is 0.389 e. The molecule has 0 amide bonds. The van der Waals surface area contributed by atoms with Crippen LogP contribution in [0.15, 0.2) is 30.6 Å². The highest BCUT2D eigenvalue weighted by Gasteiger charge is 2.17. The van der Waals surface area contributed by atoms with E-state index in [0.717, 1.165) is 5.52 Å². The van der Waals surface area contributed by atoms with Crippen molar-refractivity contribution in [3.8, 4) is 0 Å². The zero-order valence-corrected chi connectivity index (χ0v) is 10.0. The van der Waals surface area contributed by atoms with Gasteiger partial charge in [-0.2, -0.15) is 0 Å². The van der Waals surface area contributed by atoms with E-state index in [-0.39, 0.29) is 0 Å². The van der Waals surface area contributed by atoms with Crippen LogP contribution in [0.25, 0.3) is 11.0 Å². The summed E-state index contributed by atoms with van der Waals surface area (Å²) in [7, 11) is 0. The summed E-state index contributed by atoms with van der Waals surface area (Å²) in [5.41, 5.74) is 2.12. The van der Waals surface area contributed by atoms with Crippen molar-refractivity contribution in [2.45, 2.75) is 12.2 Å². The van der Waals surface area contributed by atoms with Crippen LogP contribution < -0.4 is 0 Å². The number of aromatic nitrogens is 2. The molecule has 0 aliphatic carbocycles. The Balaban J connectivity index is 2.39. The van der Waals surface area contributed by atoms with Crippen LogP contribution in [0.1, 0.15) is 11.7 Å². The third kappa shape index (κ3) is 2.21. The van der Waals surface area contributed by atoms with Gasteiger partial charge in [-0.25, -0.2) is 0 Å². The lowest BCUT2D eigenvalue weighted by molar-refractivity contribution is 0.0343. The molecule has 2 atom stereocenters. The van der Waals surface area contributed by atoms with E-state index in [0.29, 0.717) is 16.4 Å². The fraction of sp³-hybridized carbons (Fsp3) is 0.273. The highest BCUT2D eigenvalue weighted by atomic mass is 79.9. The van der Waals surface area contributed by atoms with Crippen molar-refractivity contribution in [2.75, 3.05) is 5.33 Å². The molecule has 1 aromatic carbocycles. The van der Waals surface area contributed by atoms with Crippen molar-refractivity contribution in [1.82, 2.24) is 9.97 Å². The molecule has 16 heavy (non-hydrogen) atoms. The minimum Gasteiger partial charge on any atom is -0.389 e. The number of aliphatic hydroxyl groups excluding tert-OH is 2. The first-order chi connectivity index (χ1) is 7.72. The molecule has 0 saturated heterocycles. The minimum absolute atomic E-state index is 0.326. The highest BCUT2D eigenvalue weighted by Crippen LogP contribution is 2.21. The molecular weight excluding hydrogens is 272 g/mol. The molecule has 2 unspecified atom stereocenters. The minimum atomic E-state index is -0.911. The number of alkyl halides is 1. The molecule has 1 aromatic heterocycles. The van der Waals surface area contributed by atoms with Gasteiger partial charge in [0, 0.05) is 17.7 Å². The van der Waals surface area contributed by atoms with Gasteiger partial charge in [-0.1, -0.05) is 22.0 Å². The van der Waals surface area contributed by atoms with Gasteiger partial charge in [0.1, 0.15) is 6.10 Å². The number of halogens is 1. The summed E-state index contributed by atoms with van der Waals surface area (Å²) < 4.78 is 0. The molecule has 0 radical (unpaired) electrons. The van der Waals surface area contributed by atoms with Crippen molar-refractivity contribution in [1.29, 1.82) is 0 Å². The molecule has 2 aromatic rings. The second kappa shape index (κ2) is 4.86. The Hall–Kier alpha value is -1.04. The van der Waals surface area contributed by atoms with E-state index >= 15 is 0 Å². The Morgan fingerprint density at radius 1 is 1.12 bits per heavy atom. The molecular formula is C11H11BrN2O2. The quantitative estimate of drug-likeness (QED) is 0.836. The molecule has 2 rings (SSSR count). The second-order valence-corrected chi connectivity index (χ2v) is 4.12. The second-order valence-electron chi connectivity index (χ2n) is 3.47. The van der Waals surface area contributed by atoms with Crippen LogP contribution in [0.3, 0.4) is 0 Å². The summed E-state index contributed by atoms with van der Waals surface area (Å²) in [6.45, 7) is 0. The van der Waals surface area contributed by atoms with Crippen LogP contribution in [0.4, 0.5) is 0 Å². The van der Waals surface area contributed by atoms with E-state index in [2.05, 4.69) is 25.9 Å². The molecule has 0 saturated carbocycles. The topological polar surface area (TPSA) is 66.2 Å². The van der Waals surface area contributed by atoms with Crippen molar-refractivity contribution in [2.24, 2.45) is 0 Å². The summed E-state index contributed by atoms with van der Waals surface area (Å²) in [5.74, 6) is 0. The molecule has 0 bridgehead atoms. The summed E-state index contributed by atoms with van der Waals surface area (Å²) in [6.07, 6.45) is 1.48. The summed E-state index contributed by atoms with van der Waals surface area (Å²) in [6, 6.07) is 5.26. The predicted molar refractivity (Wildman–Crippen MR) is 64.3 cm³/mol. The normalized spacial score (nSPS) is 14.9. The molecule has 1 heterocycles. The molecule has 0 aliphatic rings. The average Bonchev–Trinajstić information content (AvgIpc) is 2.36. The van der Waals surface area contributed by atoms with Gasteiger partial charge in [0.15, 0.2) is 0 Å². The number of rotatable bonds is 3. The van der Waals surface area contributed by atoms with E-state index < -0.39 is 12.2 Å².